The number of nitrogens with one attached hydrogen (secondary N) is 1. The topological polar surface area (TPSA) is 104 Å². The van der Waals surface area contributed by atoms with Crippen LogP contribution in [-0.2, 0) is 14.8 Å². The van der Waals surface area contributed by atoms with Crippen LogP contribution in [0, 0.1) is 5.92 Å². The minimum Gasteiger partial charge on any atom is -0.481 e. The third-order valence-electron chi connectivity index (χ3n) is 4.89. The van der Waals surface area contributed by atoms with Gasteiger partial charge in [0.1, 0.15) is 0 Å². The zero-order valence-corrected chi connectivity index (χ0v) is 14.7. The Balaban J connectivity index is 1.76. The smallest absolute Gasteiger partial charge is 0.306 e. The molecule has 136 valence electrons. The van der Waals surface area contributed by atoms with Crippen LogP contribution in [0.4, 0.5) is 0 Å². The van der Waals surface area contributed by atoms with E-state index in [-0.39, 0.29) is 16.5 Å². The van der Waals surface area contributed by atoms with E-state index in [0.29, 0.717) is 25.9 Å². The number of carbonyl (C=O) groups excluding carboxylic acids is 1. The highest BCUT2D eigenvalue weighted by molar-refractivity contribution is 7.89. The van der Waals surface area contributed by atoms with Crippen LogP contribution in [-0.4, -0.2) is 48.8 Å². The van der Waals surface area contributed by atoms with Gasteiger partial charge in [-0.15, -0.1) is 0 Å². The van der Waals surface area contributed by atoms with Crippen LogP contribution in [0.1, 0.15) is 42.5 Å². The van der Waals surface area contributed by atoms with Crippen LogP contribution in [0.5, 0.6) is 0 Å². The summed E-state index contributed by atoms with van der Waals surface area (Å²) in [5.74, 6) is -1.76. The van der Waals surface area contributed by atoms with Gasteiger partial charge in [0.15, 0.2) is 0 Å². The van der Waals surface area contributed by atoms with Crippen molar-refractivity contribution < 1.29 is 23.1 Å². The van der Waals surface area contributed by atoms with E-state index < -0.39 is 27.8 Å². The predicted octanol–water partition coefficient (Wildman–Crippen LogP) is 1.45. The summed E-state index contributed by atoms with van der Waals surface area (Å²) in [5.41, 5.74) is 0.117. The molecule has 25 heavy (non-hydrogen) atoms. The van der Waals surface area contributed by atoms with Gasteiger partial charge in [0.25, 0.3) is 5.91 Å². The second-order valence-corrected chi connectivity index (χ2v) is 8.54. The SMILES string of the molecule is O=C(NC1CC(C(=O)O)C1)c1ccccc1S(=O)(=O)N1CCCCC1. The molecule has 1 amide bonds. The van der Waals surface area contributed by atoms with Gasteiger partial charge in [0.05, 0.1) is 16.4 Å². The van der Waals surface area contributed by atoms with Crippen molar-refractivity contribution >= 4 is 21.9 Å². The maximum Gasteiger partial charge on any atom is 0.306 e. The standard InChI is InChI=1S/C17H22N2O5S/c20-16(18-13-10-12(11-13)17(21)22)14-6-2-3-7-15(14)25(23,24)19-8-4-1-5-9-19/h2-3,6-7,12-13H,1,4-5,8-11H2,(H,18,20)(H,21,22). The molecule has 8 heteroatoms. The lowest BCUT2D eigenvalue weighted by atomic mass is 9.80. The van der Waals surface area contributed by atoms with Crippen LogP contribution in [0.25, 0.3) is 0 Å². The van der Waals surface area contributed by atoms with Crippen molar-refractivity contribution in [2.45, 2.75) is 43.0 Å². The van der Waals surface area contributed by atoms with Gasteiger partial charge in [-0.1, -0.05) is 18.6 Å². The molecule has 0 unspecified atom stereocenters. The Labute approximate surface area is 147 Å². The molecule has 0 atom stereocenters. The fourth-order valence-corrected chi connectivity index (χ4v) is 5.03. The number of hydrogen-bond acceptors (Lipinski definition) is 4. The average Bonchev–Trinajstić information content (AvgIpc) is 2.58. The van der Waals surface area contributed by atoms with Crippen molar-refractivity contribution in [2.24, 2.45) is 5.92 Å². The zero-order valence-electron chi connectivity index (χ0n) is 13.8. The van der Waals surface area contributed by atoms with Gasteiger partial charge < -0.3 is 10.4 Å². The minimum absolute atomic E-state index is 0.0171. The molecule has 7 nitrogen and oxygen atoms in total. The minimum atomic E-state index is -3.71. The monoisotopic (exact) mass is 366 g/mol. The third kappa shape index (κ3) is 3.69. The summed E-state index contributed by atoms with van der Waals surface area (Å²) < 4.78 is 27.2. The highest BCUT2D eigenvalue weighted by Gasteiger charge is 2.36. The number of rotatable bonds is 5. The fraction of sp³-hybridized carbons (Fsp3) is 0.529. The Kier molecular flexibility index (Phi) is 5.10. The van der Waals surface area contributed by atoms with Crippen molar-refractivity contribution in [1.29, 1.82) is 0 Å². The van der Waals surface area contributed by atoms with Gasteiger partial charge in [-0.25, -0.2) is 8.42 Å². The summed E-state index contributed by atoms with van der Waals surface area (Å²) in [7, 11) is -3.71. The molecule has 2 fully saturated rings. The predicted molar refractivity (Wildman–Crippen MR) is 90.7 cm³/mol. The Morgan fingerprint density at radius 2 is 1.72 bits per heavy atom. The second kappa shape index (κ2) is 7.13. The van der Waals surface area contributed by atoms with E-state index in [2.05, 4.69) is 5.32 Å². The van der Waals surface area contributed by atoms with E-state index in [0.717, 1.165) is 19.3 Å². The lowest BCUT2D eigenvalue weighted by Crippen LogP contribution is -2.47. The summed E-state index contributed by atoms with van der Waals surface area (Å²) in [5, 5.41) is 11.6. The number of nitrogens with zero attached hydrogens (tertiary/aromatic N) is 1. The van der Waals surface area contributed by atoms with Crippen molar-refractivity contribution in [1.82, 2.24) is 9.62 Å². The molecule has 0 aromatic heterocycles. The Morgan fingerprint density at radius 1 is 1.08 bits per heavy atom. The number of hydrogen-bond donors (Lipinski definition) is 2. The average molecular weight is 366 g/mol. The molecule has 2 N–H and O–H groups in total. The van der Waals surface area contributed by atoms with Crippen molar-refractivity contribution in [2.75, 3.05) is 13.1 Å². The molecule has 3 rings (SSSR count). The third-order valence-corrected chi connectivity index (χ3v) is 6.84. The quantitative estimate of drug-likeness (QED) is 0.821. The van der Waals surface area contributed by atoms with Gasteiger partial charge in [0, 0.05) is 19.1 Å². The fourth-order valence-electron chi connectivity index (χ4n) is 3.32. The highest BCUT2D eigenvalue weighted by atomic mass is 32.2. The summed E-state index contributed by atoms with van der Waals surface area (Å²) in [4.78, 5) is 23.4. The summed E-state index contributed by atoms with van der Waals surface area (Å²) in [6, 6.07) is 5.97. The molecule has 2 aliphatic rings. The van der Waals surface area contributed by atoms with Crippen LogP contribution in [0.2, 0.25) is 0 Å². The van der Waals surface area contributed by atoms with Crippen LogP contribution < -0.4 is 5.32 Å². The lowest BCUT2D eigenvalue weighted by molar-refractivity contribution is -0.145. The number of aliphatic carboxylic acids is 1. The van der Waals surface area contributed by atoms with Crippen LogP contribution in [0.15, 0.2) is 29.2 Å². The molecule has 1 saturated heterocycles. The molecule has 1 aliphatic carbocycles. The number of carbonyl (C=O) groups is 2. The molecule has 0 bridgehead atoms. The molecule has 0 spiro atoms. The van der Waals surface area contributed by atoms with Crippen LogP contribution >= 0.6 is 0 Å². The van der Waals surface area contributed by atoms with E-state index in [4.69, 9.17) is 5.11 Å². The van der Waals surface area contributed by atoms with E-state index >= 15 is 0 Å². The summed E-state index contributed by atoms with van der Waals surface area (Å²) >= 11 is 0. The Bertz CT molecular complexity index is 765. The first kappa shape index (κ1) is 17.9. The highest BCUT2D eigenvalue weighted by Crippen LogP contribution is 2.29. The number of amides is 1. The molecule has 0 radical (unpaired) electrons. The van der Waals surface area contributed by atoms with Crippen molar-refractivity contribution in [3.63, 3.8) is 0 Å². The van der Waals surface area contributed by atoms with Crippen molar-refractivity contribution in [3.8, 4) is 0 Å². The molecule has 1 saturated carbocycles. The maximum atomic E-state index is 12.9. The maximum absolute atomic E-state index is 12.9. The Morgan fingerprint density at radius 3 is 2.36 bits per heavy atom. The van der Waals surface area contributed by atoms with E-state index in [1.807, 2.05) is 0 Å². The van der Waals surface area contributed by atoms with E-state index in [1.165, 1.54) is 16.4 Å². The van der Waals surface area contributed by atoms with Gasteiger partial charge in [-0.2, -0.15) is 4.31 Å². The van der Waals surface area contributed by atoms with Crippen LogP contribution in [0.3, 0.4) is 0 Å². The van der Waals surface area contributed by atoms with Gasteiger partial charge in [0.2, 0.25) is 10.0 Å². The van der Waals surface area contributed by atoms with Crippen molar-refractivity contribution in [3.05, 3.63) is 29.8 Å². The van der Waals surface area contributed by atoms with Gasteiger partial charge in [-0.05, 0) is 37.8 Å². The first-order valence-electron chi connectivity index (χ1n) is 8.52. The first-order valence-corrected chi connectivity index (χ1v) is 9.96. The van der Waals surface area contributed by atoms with Gasteiger partial charge >= 0.3 is 5.97 Å². The largest absolute Gasteiger partial charge is 0.481 e. The molecule has 1 aromatic rings. The molecule has 1 heterocycles. The van der Waals surface area contributed by atoms with Gasteiger partial charge in [-0.3, -0.25) is 9.59 Å². The molecular weight excluding hydrogens is 344 g/mol. The first-order chi connectivity index (χ1) is 11.9. The molecule has 1 aliphatic heterocycles. The zero-order chi connectivity index (χ0) is 18.0. The Hall–Kier alpha value is -1.93. The second-order valence-electron chi connectivity index (χ2n) is 6.64. The van der Waals surface area contributed by atoms with E-state index in [9.17, 15) is 18.0 Å². The molecule has 1 aromatic carbocycles. The number of sulfonamides is 1. The summed E-state index contributed by atoms with van der Waals surface area (Å²) in [6.45, 7) is 0.947. The number of benzene rings is 1. The molecular formula is C17H22N2O5S. The number of piperidine rings is 1. The van der Waals surface area contributed by atoms with E-state index in [1.54, 1.807) is 12.1 Å². The lowest BCUT2D eigenvalue weighted by Gasteiger charge is -2.33. The number of carboxylic acids is 1. The normalized spacial score (nSPS) is 24.3. The summed E-state index contributed by atoms with van der Waals surface area (Å²) in [6.07, 6.45) is 3.42. The number of carboxylic acid groups (broad SMARTS) is 1.